The Bertz CT molecular complexity index is 827. The van der Waals surface area contributed by atoms with Crippen LogP contribution in [0.25, 0.3) is 11.5 Å². The maximum Gasteiger partial charge on any atom is 0.237 e. The molecule has 0 bridgehead atoms. The Labute approximate surface area is 126 Å². The fourth-order valence-corrected chi connectivity index (χ4v) is 2.78. The second-order valence-electron chi connectivity index (χ2n) is 5.57. The van der Waals surface area contributed by atoms with Crippen molar-refractivity contribution in [1.29, 1.82) is 0 Å². The van der Waals surface area contributed by atoms with Crippen LogP contribution in [0.3, 0.4) is 0 Å². The average molecular weight is 296 g/mol. The third kappa shape index (κ3) is 1.99. The van der Waals surface area contributed by atoms with Gasteiger partial charge in [-0.2, -0.15) is 10.1 Å². The Kier molecular flexibility index (Phi) is 2.79. The van der Waals surface area contributed by atoms with Gasteiger partial charge >= 0.3 is 0 Å². The molecular formula is C16H13FN4O. The normalized spacial score (nSPS) is 15.7. The molecule has 0 spiro atoms. The number of halogens is 1. The maximum absolute atomic E-state index is 13.6. The molecule has 1 aromatic carbocycles. The lowest BCUT2D eigenvalue weighted by molar-refractivity contribution is 0.359. The number of aromatic nitrogens is 4. The molecule has 110 valence electrons. The van der Waals surface area contributed by atoms with Gasteiger partial charge < -0.3 is 4.52 Å². The van der Waals surface area contributed by atoms with Crippen LogP contribution in [0, 0.1) is 12.7 Å². The summed E-state index contributed by atoms with van der Waals surface area (Å²) in [5.41, 5.74) is 2.14. The van der Waals surface area contributed by atoms with Crippen molar-refractivity contribution in [1.82, 2.24) is 20.3 Å². The highest BCUT2D eigenvalue weighted by Crippen LogP contribution is 2.54. The summed E-state index contributed by atoms with van der Waals surface area (Å²) in [6, 6.07) is 8.35. The zero-order valence-corrected chi connectivity index (χ0v) is 12.0. The minimum Gasteiger partial charge on any atom is -0.338 e. The lowest BCUT2D eigenvalue weighted by Gasteiger charge is -2.13. The minimum absolute atomic E-state index is 0.250. The van der Waals surface area contributed by atoms with Crippen molar-refractivity contribution in [3.8, 4) is 11.5 Å². The largest absolute Gasteiger partial charge is 0.338 e. The van der Waals surface area contributed by atoms with Gasteiger partial charge in [0.25, 0.3) is 0 Å². The van der Waals surface area contributed by atoms with Crippen molar-refractivity contribution in [2.45, 2.75) is 25.2 Å². The van der Waals surface area contributed by atoms with Crippen LogP contribution in [0.5, 0.6) is 0 Å². The lowest BCUT2D eigenvalue weighted by atomic mass is 9.91. The third-order valence-electron chi connectivity index (χ3n) is 4.10. The number of hydrogen-bond acceptors (Lipinski definition) is 5. The van der Waals surface area contributed by atoms with E-state index in [0.717, 1.165) is 24.0 Å². The molecule has 0 amide bonds. The first-order valence-electron chi connectivity index (χ1n) is 7.08. The van der Waals surface area contributed by atoms with Crippen molar-refractivity contribution in [3.63, 3.8) is 0 Å². The Balaban J connectivity index is 1.76. The average Bonchev–Trinajstić information content (AvgIpc) is 3.20. The lowest BCUT2D eigenvalue weighted by Crippen LogP contribution is -2.11. The maximum atomic E-state index is 13.6. The van der Waals surface area contributed by atoms with Crippen LogP contribution >= 0.6 is 0 Å². The first-order valence-corrected chi connectivity index (χ1v) is 7.08. The molecule has 1 saturated carbocycles. The molecule has 0 atom stereocenters. The molecule has 0 saturated heterocycles. The molecule has 0 radical (unpaired) electrons. The first kappa shape index (κ1) is 13.1. The van der Waals surface area contributed by atoms with Gasteiger partial charge in [0.05, 0.1) is 5.41 Å². The second-order valence-corrected chi connectivity index (χ2v) is 5.57. The van der Waals surface area contributed by atoms with E-state index in [4.69, 9.17) is 4.52 Å². The quantitative estimate of drug-likeness (QED) is 0.743. The minimum atomic E-state index is -0.361. The van der Waals surface area contributed by atoms with E-state index in [1.807, 2.05) is 6.92 Å². The van der Waals surface area contributed by atoms with Crippen LogP contribution in [-0.2, 0) is 5.41 Å². The SMILES string of the molecule is Cc1ccc(F)cc1C1(c2nc(-c3cccnn3)no2)CC1. The van der Waals surface area contributed by atoms with Crippen molar-refractivity contribution < 1.29 is 8.91 Å². The summed E-state index contributed by atoms with van der Waals surface area (Å²) < 4.78 is 19.1. The highest BCUT2D eigenvalue weighted by molar-refractivity contribution is 5.49. The van der Waals surface area contributed by atoms with E-state index in [1.165, 1.54) is 6.07 Å². The van der Waals surface area contributed by atoms with Crippen LogP contribution in [-0.4, -0.2) is 20.3 Å². The number of benzene rings is 1. The van der Waals surface area contributed by atoms with E-state index in [-0.39, 0.29) is 11.2 Å². The fraction of sp³-hybridized carbons (Fsp3) is 0.250. The van der Waals surface area contributed by atoms with Gasteiger partial charge in [0.1, 0.15) is 11.5 Å². The zero-order chi connectivity index (χ0) is 15.2. The third-order valence-corrected chi connectivity index (χ3v) is 4.10. The van der Waals surface area contributed by atoms with E-state index >= 15 is 0 Å². The van der Waals surface area contributed by atoms with Crippen LogP contribution in [0.1, 0.15) is 29.9 Å². The van der Waals surface area contributed by atoms with E-state index in [2.05, 4.69) is 20.3 Å². The summed E-state index contributed by atoms with van der Waals surface area (Å²) >= 11 is 0. The Morgan fingerprint density at radius 2 is 2.09 bits per heavy atom. The number of aryl methyl sites for hydroxylation is 1. The number of rotatable bonds is 3. The molecule has 2 aromatic heterocycles. The number of nitrogens with zero attached hydrogens (tertiary/aromatic N) is 4. The molecule has 1 aliphatic carbocycles. The molecule has 2 heterocycles. The Morgan fingerprint density at radius 3 is 2.82 bits per heavy atom. The second kappa shape index (κ2) is 4.69. The van der Waals surface area contributed by atoms with Gasteiger partial charge in [-0.1, -0.05) is 11.2 Å². The first-order chi connectivity index (χ1) is 10.7. The molecule has 0 aliphatic heterocycles. The van der Waals surface area contributed by atoms with Gasteiger partial charge in [-0.25, -0.2) is 4.39 Å². The van der Waals surface area contributed by atoms with Gasteiger partial charge in [0.2, 0.25) is 11.7 Å². The van der Waals surface area contributed by atoms with Gasteiger partial charge in [-0.05, 0) is 55.2 Å². The smallest absolute Gasteiger partial charge is 0.237 e. The Hall–Kier alpha value is -2.63. The molecule has 3 aromatic rings. The molecule has 0 unspecified atom stereocenters. The number of hydrogen-bond donors (Lipinski definition) is 0. The van der Waals surface area contributed by atoms with Crippen LogP contribution in [0.15, 0.2) is 41.1 Å². The monoisotopic (exact) mass is 296 g/mol. The molecule has 0 N–H and O–H groups in total. The molecule has 22 heavy (non-hydrogen) atoms. The molecule has 6 heteroatoms. The topological polar surface area (TPSA) is 64.7 Å². The highest BCUT2D eigenvalue weighted by atomic mass is 19.1. The molecule has 1 fully saturated rings. The summed E-state index contributed by atoms with van der Waals surface area (Å²) in [4.78, 5) is 4.46. The Morgan fingerprint density at radius 1 is 1.23 bits per heavy atom. The standard InChI is InChI=1S/C16H13FN4O/c1-10-4-5-11(17)9-12(10)16(6-7-16)15-19-14(21-22-15)13-3-2-8-18-20-13/h2-5,8-9H,6-7H2,1H3. The summed E-state index contributed by atoms with van der Waals surface area (Å²) in [6.45, 7) is 1.97. The predicted molar refractivity (Wildman–Crippen MR) is 76.5 cm³/mol. The fourth-order valence-electron chi connectivity index (χ4n) is 2.78. The van der Waals surface area contributed by atoms with E-state index in [1.54, 1.807) is 30.5 Å². The summed E-state index contributed by atoms with van der Waals surface area (Å²) in [7, 11) is 0. The van der Waals surface area contributed by atoms with E-state index < -0.39 is 0 Å². The van der Waals surface area contributed by atoms with Crippen molar-refractivity contribution >= 4 is 0 Å². The van der Waals surface area contributed by atoms with Crippen LogP contribution in [0.2, 0.25) is 0 Å². The van der Waals surface area contributed by atoms with Gasteiger partial charge in [-0.3, -0.25) is 0 Å². The summed E-state index contributed by atoms with van der Waals surface area (Å²) in [6.07, 6.45) is 3.34. The predicted octanol–water partition coefficient (Wildman–Crippen LogP) is 3.05. The van der Waals surface area contributed by atoms with Crippen molar-refractivity contribution in [3.05, 3.63) is 59.4 Å². The van der Waals surface area contributed by atoms with Crippen LogP contribution in [0.4, 0.5) is 4.39 Å². The summed E-state index contributed by atoms with van der Waals surface area (Å²) in [5.74, 6) is 0.672. The molecule has 1 aliphatic rings. The van der Waals surface area contributed by atoms with Crippen molar-refractivity contribution in [2.75, 3.05) is 0 Å². The molecule has 5 nitrogen and oxygen atoms in total. The van der Waals surface area contributed by atoms with Gasteiger partial charge in [-0.15, -0.1) is 5.10 Å². The highest BCUT2D eigenvalue weighted by Gasteiger charge is 2.52. The van der Waals surface area contributed by atoms with Gasteiger partial charge in [0, 0.05) is 6.20 Å². The molecule has 4 rings (SSSR count). The van der Waals surface area contributed by atoms with Crippen molar-refractivity contribution in [2.24, 2.45) is 0 Å². The van der Waals surface area contributed by atoms with E-state index in [9.17, 15) is 4.39 Å². The van der Waals surface area contributed by atoms with Crippen LogP contribution < -0.4 is 0 Å². The zero-order valence-electron chi connectivity index (χ0n) is 12.0. The van der Waals surface area contributed by atoms with Gasteiger partial charge in [0.15, 0.2) is 0 Å². The van der Waals surface area contributed by atoms with E-state index in [0.29, 0.717) is 17.4 Å². The molecular weight excluding hydrogens is 283 g/mol. The summed E-state index contributed by atoms with van der Waals surface area (Å²) in [5, 5.41) is 11.8.